The van der Waals surface area contributed by atoms with E-state index in [0.29, 0.717) is 12.6 Å². The van der Waals surface area contributed by atoms with E-state index in [2.05, 4.69) is 11.9 Å². The molecule has 4 heteroatoms. The summed E-state index contributed by atoms with van der Waals surface area (Å²) in [6.45, 7) is 9.59. The molecule has 14 heavy (non-hydrogen) atoms. The summed E-state index contributed by atoms with van der Waals surface area (Å²) < 4.78 is 22.8. The standard InChI is InChI=1S/C10H21NO2S/c1-5-6-10(4)11-7-8-14(12,13)9(2)3/h5,9-11H,1,6-8H2,2-4H3. The molecule has 0 amide bonds. The molecule has 0 aliphatic rings. The maximum Gasteiger partial charge on any atom is 0.153 e. The summed E-state index contributed by atoms with van der Waals surface area (Å²) in [7, 11) is -2.90. The highest BCUT2D eigenvalue weighted by atomic mass is 32.2. The van der Waals surface area contributed by atoms with Gasteiger partial charge < -0.3 is 5.32 Å². The van der Waals surface area contributed by atoms with Gasteiger partial charge in [-0.05, 0) is 27.2 Å². The van der Waals surface area contributed by atoms with Crippen molar-refractivity contribution in [3.63, 3.8) is 0 Å². The first-order chi connectivity index (χ1) is 6.40. The van der Waals surface area contributed by atoms with Crippen molar-refractivity contribution in [1.29, 1.82) is 0 Å². The predicted octanol–water partition coefficient (Wildman–Crippen LogP) is 1.36. The second kappa shape index (κ2) is 6.19. The quantitative estimate of drug-likeness (QED) is 0.658. The van der Waals surface area contributed by atoms with E-state index >= 15 is 0 Å². The maximum absolute atomic E-state index is 11.4. The smallest absolute Gasteiger partial charge is 0.153 e. The van der Waals surface area contributed by atoms with Gasteiger partial charge in [0.05, 0.1) is 11.0 Å². The first kappa shape index (κ1) is 13.7. The van der Waals surface area contributed by atoms with E-state index in [0.717, 1.165) is 6.42 Å². The molecule has 0 bridgehead atoms. The van der Waals surface area contributed by atoms with Crippen molar-refractivity contribution >= 4 is 9.84 Å². The molecule has 0 saturated carbocycles. The highest BCUT2D eigenvalue weighted by molar-refractivity contribution is 7.92. The number of hydrogen-bond acceptors (Lipinski definition) is 3. The molecule has 0 aliphatic carbocycles. The molecule has 0 aromatic heterocycles. The third kappa shape index (κ3) is 5.40. The Morgan fingerprint density at radius 2 is 1.93 bits per heavy atom. The number of hydrogen-bond donors (Lipinski definition) is 1. The normalized spacial score (nSPS) is 14.3. The van der Waals surface area contributed by atoms with Gasteiger partial charge in [-0.1, -0.05) is 6.08 Å². The van der Waals surface area contributed by atoms with Crippen molar-refractivity contribution in [1.82, 2.24) is 5.32 Å². The van der Waals surface area contributed by atoms with Gasteiger partial charge >= 0.3 is 0 Å². The first-order valence-corrected chi connectivity index (χ1v) is 6.67. The summed E-state index contributed by atoms with van der Waals surface area (Å²) in [4.78, 5) is 0. The zero-order valence-electron chi connectivity index (χ0n) is 9.29. The summed E-state index contributed by atoms with van der Waals surface area (Å²) in [5, 5.41) is 2.87. The van der Waals surface area contributed by atoms with Gasteiger partial charge in [-0.25, -0.2) is 8.42 Å². The average molecular weight is 219 g/mol. The summed E-state index contributed by atoms with van der Waals surface area (Å²) in [5.74, 6) is 0.214. The van der Waals surface area contributed by atoms with Crippen LogP contribution in [-0.4, -0.2) is 32.0 Å². The van der Waals surface area contributed by atoms with Crippen LogP contribution in [0.25, 0.3) is 0 Å². The Kier molecular flexibility index (Phi) is 6.04. The Balaban J connectivity index is 3.80. The molecule has 84 valence electrons. The van der Waals surface area contributed by atoms with E-state index in [4.69, 9.17) is 0 Å². The maximum atomic E-state index is 11.4. The minimum Gasteiger partial charge on any atom is -0.313 e. The third-order valence-electron chi connectivity index (χ3n) is 2.12. The molecule has 0 aromatic rings. The van der Waals surface area contributed by atoms with E-state index < -0.39 is 9.84 Å². The van der Waals surface area contributed by atoms with Gasteiger partial charge in [0.1, 0.15) is 0 Å². The van der Waals surface area contributed by atoms with Crippen LogP contribution < -0.4 is 5.32 Å². The van der Waals surface area contributed by atoms with E-state index in [-0.39, 0.29) is 11.0 Å². The fourth-order valence-electron chi connectivity index (χ4n) is 1.02. The molecule has 0 spiro atoms. The van der Waals surface area contributed by atoms with Crippen LogP contribution in [0.2, 0.25) is 0 Å². The Morgan fingerprint density at radius 1 is 1.36 bits per heavy atom. The molecule has 0 fully saturated rings. The van der Waals surface area contributed by atoms with Gasteiger partial charge in [0.15, 0.2) is 9.84 Å². The summed E-state index contributed by atoms with van der Waals surface area (Å²) in [6, 6.07) is 0.301. The molecule has 0 radical (unpaired) electrons. The van der Waals surface area contributed by atoms with Crippen LogP contribution in [0.3, 0.4) is 0 Å². The SMILES string of the molecule is C=CCC(C)NCCS(=O)(=O)C(C)C. The zero-order valence-corrected chi connectivity index (χ0v) is 10.1. The van der Waals surface area contributed by atoms with Crippen molar-refractivity contribution in [2.45, 2.75) is 38.5 Å². The molecular weight excluding hydrogens is 198 g/mol. The highest BCUT2D eigenvalue weighted by Crippen LogP contribution is 1.99. The molecule has 1 N–H and O–H groups in total. The minimum atomic E-state index is -2.90. The largest absolute Gasteiger partial charge is 0.313 e. The lowest BCUT2D eigenvalue weighted by molar-refractivity contribution is 0.556. The zero-order chi connectivity index (χ0) is 11.2. The molecule has 0 aliphatic heterocycles. The first-order valence-electron chi connectivity index (χ1n) is 4.96. The van der Waals surface area contributed by atoms with Crippen LogP contribution in [0.15, 0.2) is 12.7 Å². The Labute approximate surface area is 87.5 Å². The van der Waals surface area contributed by atoms with Crippen LogP contribution in [0.4, 0.5) is 0 Å². The van der Waals surface area contributed by atoms with Gasteiger partial charge in [-0.2, -0.15) is 0 Å². The average Bonchev–Trinajstić information content (AvgIpc) is 2.04. The van der Waals surface area contributed by atoms with Gasteiger partial charge in [0.25, 0.3) is 0 Å². The lowest BCUT2D eigenvalue weighted by Gasteiger charge is -2.12. The van der Waals surface area contributed by atoms with Crippen molar-refractivity contribution in [2.24, 2.45) is 0 Å². The van der Waals surface area contributed by atoms with Gasteiger partial charge in [-0.3, -0.25) is 0 Å². The number of rotatable bonds is 7. The Bertz CT molecular complexity index is 257. The number of sulfone groups is 1. The van der Waals surface area contributed by atoms with E-state index in [1.54, 1.807) is 13.8 Å². The van der Waals surface area contributed by atoms with Crippen LogP contribution in [0.1, 0.15) is 27.2 Å². The third-order valence-corrected chi connectivity index (χ3v) is 4.33. The van der Waals surface area contributed by atoms with E-state index in [1.807, 2.05) is 13.0 Å². The molecule has 1 unspecified atom stereocenters. The minimum absolute atomic E-state index is 0.214. The van der Waals surface area contributed by atoms with E-state index in [1.165, 1.54) is 0 Å². The molecule has 0 aromatic carbocycles. The van der Waals surface area contributed by atoms with Gasteiger partial charge in [0.2, 0.25) is 0 Å². The highest BCUT2D eigenvalue weighted by Gasteiger charge is 2.15. The van der Waals surface area contributed by atoms with E-state index in [9.17, 15) is 8.42 Å². The fourth-order valence-corrected chi connectivity index (χ4v) is 1.89. The summed E-state index contributed by atoms with van der Waals surface area (Å²) in [6.07, 6.45) is 2.69. The van der Waals surface area contributed by atoms with Gasteiger partial charge in [-0.15, -0.1) is 6.58 Å². The molecule has 0 heterocycles. The summed E-state index contributed by atoms with van der Waals surface area (Å²) in [5.41, 5.74) is 0. The lowest BCUT2D eigenvalue weighted by atomic mass is 10.2. The van der Waals surface area contributed by atoms with Crippen LogP contribution in [-0.2, 0) is 9.84 Å². The van der Waals surface area contributed by atoms with Crippen molar-refractivity contribution in [3.05, 3.63) is 12.7 Å². The molecule has 1 atom stereocenters. The number of nitrogens with one attached hydrogen (secondary N) is 1. The van der Waals surface area contributed by atoms with Crippen molar-refractivity contribution < 1.29 is 8.42 Å². The van der Waals surface area contributed by atoms with Crippen molar-refractivity contribution in [2.75, 3.05) is 12.3 Å². The molecule has 3 nitrogen and oxygen atoms in total. The van der Waals surface area contributed by atoms with Crippen LogP contribution in [0.5, 0.6) is 0 Å². The Hall–Kier alpha value is -0.350. The fraction of sp³-hybridized carbons (Fsp3) is 0.800. The van der Waals surface area contributed by atoms with Crippen molar-refractivity contribution in [3.8, 4) is 0 Å². The second-order valence-electron chi connectivity index (χ2n) is 3.80. The monoisotopic (exact) mass is 219 g/mol. The Morgan fingerprint density at radius 3 is 2.36 bits per heavy atom. The van der Waals surface area contributed by atoms with Crippen LogP contribution in [0, 0.1) is 0 Å². The van der Waals surface area contributed by atoms with Crippen LogP contribution >= 0.6 is 0 Å². The molecule has 0 rings (SSSR count). The second-order valence-corrected chi connectivity index (χ2v) is 6.47. The lowest BCUT2D eigenvalue weighted by Crippen LogP contribution is -2.32. The van der Waals surface area contributed by atoms with Gasteiger partial charge in [0, 0.05) is 12.6 Å². The molecule has 0 saturated heterocycles. The topological polar surface area (TPSA) is 46.2 Å². The predicted molar refractivity (Wildman–Crippen MR) is 61.2 cm³/mol. The molecular formula is C10H21NO2S. The summed E-state index contributed by atoms with van der Waals surface area (Å²) >= 11 is 0.